The molecule has 0 atom stereocenters. The van der Waals surface area contributed by atoms with E-state index in [0.717, 1.165) is 71.9 Å². The van der Waals surface area contributed by atoms with Crippen molar-refractivity contribution in [2.24, 2.45) is 0 Å². The minimum Gasteiger partial charge on any atom is -0.509 e. The molecule has 0 spiro atoms. The molecule has 0 aliphatic carbocycles. The summed E-state index contributed by atoms with van der Waals surface area (Å²) in [6.07, 6.45) is 1.91. The zero-order valence-electron chi connectivity index (χ0n) is 45.6. The van der Waals surface area contributed by atoms with Crippen LogP contribution in [0.1, 0.15) is 79.0 Å². The van der Waals surface area contributed by atoms with Gasteiger partial charge in [-0.25, -0.2) is 4.98 Å². The molecule has 388 valence electrons. The Morgan fingerprint density at radius 2 is 1.04 bits per heavy atom. The van der Waals surface area contributed by atoms with E-state index in [4.69, 9.17) is 9.72 Å². The number of aromatic nitrogens is 3. The molecular formula is C72H61N4OPt-3. The Bertz CT molecular complexity index is 4410. The second-order valence-electron chi connectivity index (χ2n) is 23.8. The van der Waals surface area contributed by atoms with Gasteiger partial charge in [-0.05, 0) is 141 Å². The third kappa shape index (κ3) is 8.79. The molecular weight excluding hydrogens is 1130 g/mol. The van der Waals surface area contributed by atoms with Crippen LogP contribution >= 0.6 is 0 Å². The maximum atomic E-state index is 6.83. The molecule has 0 radical (unpaired) electrons. The van der Waals surface area contributed by atoms with E-state index in [1.54, 1.807) is 0 Å². The molecule has 0 saturated heterocycles. The van der Waals surface area contributed by atoms with Crippen LogP contribution in [-0.4, -0.2) is 14.1 Å². The molecule has 13 rings (SSSR count). The molecule has 0 saturated carbocycles. The first-order valence-corrected chi connectivity index (χ1v) is 26.8. The van der Waals surface area contributed by atoms with E-state index < -0.39 is 0 Å². The van der Waals surface area contributed by atoms with Crippen molar-refractivity contribution in [1.82, 2.24) is 14.1 Å². The maximum Gasteiger partial charge on any atom is 0.135 e. The molecule has 3 aromatic heterocycles. The van der Waals surface area contributed by atoms with Gasteiger partial charge in [-0.1, -0.05) is 207 Å². The maximum absolute atomic E-state index is 6.83. The molecule has 0 bridgehead atoms. The van der Waals surface area contributed by atoms with Crippen molar-refractivity contribution < 1.29 is 25.8 Å². The van der Waals surface area contributed by atoms with Gasteiger partial charge in [0.15, 0.2) is 0 Å². The zero-order valence-corrected chi connectivity index (χ0v) is 47.9. The third-order valence-electron chi connectivity index (χ3n) is 15.6. The van der Waals surface area contributed by atoms with Crippen molar-refractivity contribution in [3.63, 3.8) is 0 Å². The molecule has 4 heterocycles. The van der Waals surface area contributed by atoms with E-state index in [1.807, 2.05) is 18.3 Å². The quantitative estimate of drug-likeness (QED) is 0.156. The Balaban J connectivity index is 0.00000609. The zero-order chi connectivity index (χ0) is 53.0. The van der Waals surface area contributed by atoms with E-state index in [0.29, 0.717) is 11.5 Å². The van der Waals surface area contributed by atoms with Crippen LogP contribution in [0.5, 0.6) is 11.5 Å². The Hall–Kier alpha value is -8.11. The number of hydrogen-bond donors (Lipinski definition) is 0. The van der Waals surface area contributed by atoms with Gasteiger partial charge in [-0.3, -0.25) is 0 Å². The van der Waals surface area contributed by atoms with Crippen molar-refractivity contribution >= 4 is 76.5 Å². The number of para-hydroxylation sites is 3. The van der Waals surface area contributed by atoms with Crippen LogP contribution in [-0.2, 0) is 37.3 Å². The number of rotatable bonds is 6. The van der Waals surface area contributed by atoms with Crippen LogP contribution in [0, 0.1) is 18.8 Å². The molecule has 5 nitrogen and oxygen atoms in total. The van der Waals surface area contributed by atoms with Crippen LogP contribution in [0.2, 0.25) is 0 Å². The first-order chi connectivity index (χ1) is 37.1. The van der Waals surface area contributed by atoms with Gasteiger partial charge in [0.2, 0.25) is 0 Å². The van der Waals surface area contributed by atoms with Crippen molar-refractivity contribution in [3.8, 4) is 39.6 Å². The van der Waals surface area contributed by atoms with Gasteiger partial charge in [-0.15, -0.1) is 35.7 Å². The van der Waals surface area contributed by atoms with Gasteiger partial charge in [0.1, 0.15) is 5.82 Å². The predicted molar refractivity (Wildman–Crippen MR) is 324 cm³/mol. The van der Waals surface area contributed by atoms with Gasteiger partial charge < -0.3 is 18.8 Å². The largest absolute Gasteiger partial charge is 0.509 e. The van der Waals surface area contributed by atoms with E-state index in [1.165, 1.54) is 49.4 Å². The van der Waals surface area contributed by atoms with Crippen LogP contribution in [0.15, 0.2) is 200 Å². The van der Waals surface area contributed by atoms with Gasteiger partial charge >= 0.3 is 0 Å². The Morgan fingerprint density at radius 3 is 1.79 bits per heavy atom. The fourth-order valence-corrected chi connectivity index (χ4v) is 11.4. The summed E-state index contributed by atoms with van der Waals surface area (Å²) in [5.41, 5.74) is 14.4. The van der Waals surface area contributed by atoms with Crippen molar-refractivity contribution in [2.75, 3.05) is 4.90 Å². The summed E-state index contributed by atoms with van der Waals surface area (Å²) >= 11 is 0. The summed E-state index contributed by atoms with van der Waals surface area (Å²) in [4.78, 5) is 7.19. The van der Waals surface area contributed by atoms with Crippen molar-refractivity contribution in [3.05, 3.63) is 236 Å². The van der Waals surface area contributed by atoms with Gasteiger partial charge in [0.05, 0.1) is 0 Å². The Morgan fingerprint density at radius 1 is 0.436 bits per heavy atom. The minimum absolute atomic E-state index is 0. The first kappa shape index (κ1) is 50.7. The number of ether oxygens (including phenoxy) is 1. The van der Waals surface area contributed by atoms with E-state index in [2.05, 4.69) is 277 Å². The molecule has 78 heavy (non-hydrogen) atoms. The number of fused-ring (bicyclic) bond motifs is 10. The number of pyridine rings is 1. The topological polar surface area (TPSA) is 35.2 Å². The minimum atomic E-state index is -0.102. The molecule has 6 heteroatoms. The molecule has 9 aromatic carbocycles. The average molecular weight is 1190 g/mol. The fourth-order valence-electron chi connectivity index (χ4n) is 11.4. The van der Waals surface area contributed by atoms with E-state index in [-0.39, 0.29) is 37.3 Å². The van der Waals surface area contributed by atoms with E-state index in [9.17, 15) is 0 Å². The number of hydrogen-bond acceptors (Lipinski definition) is 3. The standard InChI is InChI=1S/C72H61N4O.Pt/c1-70(2,3)49-32-34-58-62-29-19-31-65-69(62)75(68-55(27-18-28-61(68)56-24-13-14-25-57(56)63(58)41-49)48-38-47(46-20-11-10-12-21-46)39-51(40-48)72(7,8)9)45-74(65)52-22-17-23-53(43-52)77-54-33-35-60-59-26-15-16-30-64(59)76(66(60)44-54)67-42-50(36-37-73-67)71(4,5)6;/h10-42,45H,1-9H3;/q-3;. The summed E-state index contributed by atoms with van der Waals surface area (Å²) in [5.74, 6) is 2.03. The van der Waals surface area contributed by atoms with Crippen LogP contribution in [0.4, 0.5) is 11.4 Å². The predicted octanol–water partition coefficient (Wildman–Crippen LogP) is 19.5. The molecule has 0 N–H and O–H groups in total. The van der Waals surface area contributed by atoms with Crippen LogP contribution < -0.4 is 9.64 Å². The summed E-state index contributed by atoms with van der Waals surface area (Å²) in [5, 5.41) is 9.31. The number of anilines is 2. The van der Waals surface area contributed by atoms with Gasteiger partial charge in [-0.2, -0.15) is 12.1 Å². The smallest absolute Gasteiger partial charge is 0.135 e. The summed E-state index contributed by atoms with van der Waals surface area (Å²) in [7, 11) is 0. The van der Waals surface area contributed by atoms with Gasteiger partial charge in [0, 0.05) is 50.0 Å². The van der Waals surface area contributed by atoms with Crippen LogP contribution in [0.3, 0.4) is 0 Å². The first-order valence-electron chi connectivity index (χ1n) is 26.8. The van der Waals surface area contributed by atoms with Gasteiger partial charge in [0.25, 0.3) is 0 Å². The Labute approximate surface area is 472 Å². The number of benzene rings is 9. The van der Waals surface area contributed by atoms with Crippen molar-refractivity contribution in [1.29, 1.82) is 0 Å². The molecule has 0 unspecified atom stereocenters. The SMILES string of the molecule is CC(C)(C)c1cc(-c2ccccc2)cc(-c2cccc3c4ccccc4c4cc(C(C)(C)C)ccc4c4cccc5c4n(c23)[CH-]N5c2[c-]c(Oc3[c-]c4c(cc3)c3ccccc3n4-c3cc(C(C)(C)C)ccn3)ccc2)c1.[Pt]. The summed E-state index contributed by atoms with van der Waals surface area (Å²) in [6.45, 7) is 22.8. The van der Waals surface area contributed by atoms with E-state index >= 15 is 0 Å². The summed E-state index contributed by atoms with van der Waals surface area (Å²) in [6, 6.07) is 78.2. The molecule has 0 amide bonds. The fraction of sp³-hybridized carbons (Fsp3) is 0.167. The monoisotopic (exact) mass is 1190 g/mol. The number of nitrogens with zero attached hydrogens (tertiary/aromatic N) is 4. The molecule has 12 aromatic rings. The second kappa shape index (κ2) is 19.1. The molecule has 1 aliphatic rings. The normalized spacial score (nSPS) is 12.7. The Kier molecular flexibility index (Phi) is 12.4. The second-order valence-corrected chi connectivity index (χ2v) is 23.8. The molecule has 0 fully saturated rings. The van der Waals surface area contributed by atoms with Crippen molar-refractivity contribution in [2.45, 2.75) is 78.6 Å². The molecule has 1 aliphatic heterocycles. The third-order valence-corrected chi connectivity index (χ3v) is 15.6. The van der Waals surface area contributed by atoms with Crippen LogP contribution in [0.25, 0.3) is 93.2 Å². The average Bonchev–Trinajstić information content (AvgIpc) is 4.19. The summed E-state index contributed by atoms with van der Waals surface area (Å²) < 4.78 is 11.5.